The molecule has 1 N–H and O–H groups in total. The number of ether oxygens (including phenoxy) is 1. The van der Waals surface area contributed by atoms with Gasteiger partial charge in [-0.1, -0.05) is 26.0 Å². The van der Waals surface area contributed by atoms with Crippen molar-refractivity contribution in [3.05, 3.63) is 29.8 Å². The van der Waals surface area contributed by atoms with E-state index < -0.39 is 6.10 Å². The fourth-order valence-corrected chi connectivity index (χ4v) is 3.03. The van der Waals surface area contributed by atoms with E-state index in [0.717, 1.165) is 11.3 Å². The third kappa shape index (κ3) is 2.77. The molecule has 116 valence electrons. The lowest BCUT2D eigenvalue weighted by Crippen LogP contribution is -2.62. The topological polar surface area (TPSA) is 49.8 Å². The number of aliphatic hydroxyl groups is 1. The number of hydrogen-bond acceptors (Lipinski definition) is 3. The van der Waals surface area contributed by atoms with Crippen LogP contribution in [0.5, 0.6) is 5.75 Å². The number of nitrogens with zero attached hydrogens (tertiary/aromatic N) is 1. The van der Waals surface area contributed by atoms with Crippen molar-refractivity contribution >= 4 is 5.91 Å². The first-order valence-corrected chi connectivity index (χ1v) is 7.52. The van der Waals surface area contributed by atoms with Crippen molar-refractivity contribution in [1.29, 1.82) is 0 Å². The Kier molecular flexibility index (Phi) is 4.57. The van der Waals surface area contributed by atoms with Crippen LogP contribution in [0.1, 0.15) is 39.3 Å². The summed E-state index contributed by atoms with van der Waals surface area (Å²) in [5.41, 5.74) is 1.05. The Labute approximate surface area is 126 Å². The number of rotatable bonds is 5. The third-order valence-electron chi connectivity index (χ3n) is 4.24. The highest BCUT2D eigenvalue weighted by Gasteiger charge is 2.52. The highest BCUT2D eigenvalue weighted by Crippen LogP contribution is 2.45. The molecule has 4 heteroatoms. The number of aliphatic hydroxyl groups excluding tert-OH is 1. The minimum absolute atomic E-state index is 0.0482. The largest absolute Gasteiger partial charge is 0.497 e. The van der Waals surface area contributed by atoms with Gasteiger partial charge in [0.1, 0.15) is 5.75 Å². The molecule has 1 aromatic rings. The average molecular weight is 291 g/mol. The van der Waals surface area contributed by atoms with E-state index >= 15 is 0 Å². The predicted octanol–water partition coefficient (Wildman–Crippen LogP) is 2.62. The first-order chi connectivity index (χ1) is 9.88. The van der Waals surface area contributed by atoms with Crippen LogP contribution in [0.15, 0.2) is 24.3 Å². The molecule has 1 fully saturated rings. The summed E-state index contributed by atoms with van der Waals surface area (Å²) in [5.74, 6) is 0.559. The smallest absolute Gasteiger partial charge is 0.231 e. The molecule has 1 aromatic carbocycles. The number of carbonyl (C=O) groups excluding carboxylic acids is 1. The van der Waals surface area contributed by atoms with E-state index in [1.165, 1.54) is 0 Å². The molecule has 1 heterocycles. The Morgan fingerprint density at radius 2 is 1.71 bits per heavy atom. The molecule has 0 radical (unpaired) electrons. The first kappa shape index (κ1) is 15.8. The summed E-state index contributed by atoms with van der Waals surface area (Å²) in [4.78, 5) is 14.3. The summed E-state index contributed by atoms with van der Waals surface area (Å²) >= 11 is 0. The van der Waals surface area contributed by atoms with Gasteiger partial charge >= 0.3 is 0 Å². The van der Waals surface area contributed by atoms with E-state index in [0.29, 0.717) is 0 Å². The predicted molar refractivity (Wildman–Crippen MR) is 82.1 cm³/mol. The quantitative estimate of drug-likeness (QED) is 0.848. The molecule has 1 aliphatic heterocycles. The average Bonchev–Trinajstić information content (AvgIpc) is 2.44. The first-order valence-electron chi connectivity index (χ1n) is 7.52. The lowest BCUT2D eigenvalue weighted by atomic mass is 9.75. The lowest BCUT2D eigenvalue weighted by molar-refractivity contribution is -0.172. The normalized spacial score (nSPS) is 23.4. The fraction of sp³-hybridized carbons (Fsp3) is 0.588. The van der Waals surface area contributed by atoms with Gasteiger partial charge in [0.2, 0.25) is 5.91 Å². The molecule has 4 nitrogen and oxygen atoms in total. The fourth-order valence-electron chi connectivity index (χ4n) is 3.03. The SMILES string of the molecule is COc1ccc([C@H]2[C@H](C(O)C(C)C)C(=O)N2C(C)C)cc1. The summed E-state index contributed by atoms with van der Waals surface area (Å²) in [7, 11) is 1.63. The Morgan fingerprint density at radius 1 is 1.14 bits per heavy atom. The van der Waals surface area contributed by atoms with Crippen LogP contribution in [-0.2, 0) is 4.79 Å². The van der Waals surface area contributed by atoms with E-state index in [1.54, 1.807) is 7.11 Å². The molecule has 0 saturated carbocycles. The zero-order chi connectivity index (χ0) is 15.7. The molecule has 1 unspecified atom stereocenters. The van der Waals surface area contributed by atoms with Crippen molar-refractivity contribution in [1.82, 2.24) is 4.90 Å². The molecule has 21 heavy (non-hydrogen) atoms. The Bertz CT molecular complexity index is 495. The van der Waals surface area contributed by atoms with Crippen LogP contribution in [0.25, 0.3) is 0 Å². The number of β-lactam (4-membered cyclic amide) rings is 1. The van der Waals surface area contributed by atoms with E-state index in [2.05, 4.69) is 0 Å². The minimum Gasteiger partial charge on any atom is -0.497 e. The molecule has 0 aromatic heterocycles. The summed E-state index contributed by atoms with van der Waals surface area (Å²) in [6.45, 7) is 7.90. The van der Waals surface area contributed by atoms with Gasteiger partial charge in [-0.15, -0.1) is 0 Å². The maximum absolute atomic E-state index is 12.4. The maximum atomic E-state index is 12.4. The number of likely N-dealkylation sites (tertiary alicyclic amines) is 1. The van der Waals surface area contributed by atoms with E-state index in [1.807, 2.05) is 56.9 Å². The van der Waals surface area contributed by atoms with Crippen molar-refractivity contribution in [3.63, 3.8) is 0 Å². The number of hydrogen-bond donors (Lipinski definition) is 1. The number of amides is 1. The van der Waals surface area contributed by atoms with Gasteiger partial charge in [0.05, 0.1) is 25.2 Å². The second kappa shape index (κ2) is 6.06. The van der Waals surface area contributed by atoms with E-state index in [-0.39, 0.29) is 29.8 Å². The second-order valence-electron chi connectivity index (χ2n) is 6.32. The third-order valence-corrected chi connectivity index (χ3v) is 4.24. The van der Waals surface area contributed by atoms with E-state index in [4.69, 9.17) is 4.74 Å². The van der Waals surface area contributed by atoms with Crippen molar-refractivity contribution in [2.75, 3.05) is 7.11 Å². The van der Waals surface area contributed by atoms with Gasteiger partial charge in [-0.2, -0.15) is 0 Å². The molecule has 3 atom stereocenters. The van der Waals surface area contributed by atoms with Crippen molar-refractivity contribution in [3.8, 4) is 5.75 Å². The van der Waals surface area contributed by atoms with Crippen molar-refractivity contribution in [2.45, 2.75) is 45.9 Å². The molecule has 0 bridgehead atoms. The zero-order valence-corrected chi connectivity index (χ0v) is 13.4. The van der Waals surface area contributed by atoms with Crippen LogP contribution < -0.4 is 4.74 Å². The van der Waals surface area contributed by atoms with Gasteiger partial charge in [-0.25, -0.2) is 0 Å². The maximum Gasteiger partial charge on any atom is 0.231 e. The van der Waals surface area contributed by atoms with Crippen LogP contribution in [0.3, 0.4) is 0 Å². The monoisotopic (exact) mass is 291 g/mol. The van der Waals surface area contributed by atoms with Crippen LogP contribution >= 0.6 is 0 Å². The molecule has 2 rings (SSSR count). The van der Waals surface area contributed by atoms with Gasteiger partial charge in [0.15, 0.2) is 0 Å². The summed E-state index contributed by atoms with van der Waals surface area (Å²) in [5, 5.41) is 10.4. The molecule has 0 aliphatic carbocycles. The zero-order valence-electron chi connectivity index (χ0n) is 13.4. The minimum atomic E-state index is -0.611. The standard InChI is InChI=1S/C17H25NO3/c1-10(2)16(19)14-15(18(11(3)4)17(14)20)12-6-8-13(21-5)9-7-12/h6-11,14-16,19H,1-5H3/t14-,15+,16?/m1/s1. The van der Waals surface area contributed by atoms with Gasteiger partial charge in [-0.05, 0) is 37.5 Å². The Balaban J connectivity index is 2.31. The van der Waals surface area contributed by atoms with Gasteiger partial charge in [0, 0.05) is 6.04 Å². The number of carbonyl (C=O) groups is 1. The van der Waals surface area contributed by atoms with Gasteiger partial charge < -0.3 is 14.7 Å². The molecular weight excluding hydrogens is 266 g/mol. The molecule has 0 spiro atoms. The van der Waals surface area contributed by atoms with Gasteiger partial charge in [-0.3, -0.25) is 4.79 Å². The summed E-state index contributed by atoms with van der Waals surface area (Å²) < 4.78 is 5.18. The molecule has 1 aliphatic rings. The molecule has 1 saturated heterocycles. The van der Waals surface area contributed by atoms with Gasteiger partial charge in [0.25, 0.3) is 0 Å². The molecule has 1 amide bonds. The highest BCUT2D eigenvalue weighted by atomic mass is 16.5. The van der Waals surface area contributed by atoms with Crippen LogP contribution in [0.4, 0.5) is 0 Å². The Morgan fingerprint density at radius 3 is 2.14 bits per heavy atom. The number of methoxy groups -OCH3 is 1. The number of benzene rings is 1. The Hall–Kier alpha value is -1.55. The van der Waals surface area contributed by atoms with Crippen LogP contribution in [0.2, 0.25) is 0 Å². The van der Waals surface area contributed by atoms with Crippen molar-refractivity contribution in [2.24, 2.45) is 11.8 Å². The van der Waals surface area contributed by atoms with E-state index in [9.17, 15) is 9.90 Å². The van der Waals surface area contributed by atoms with Crippen molar-refractivity contribution < 1.29 is 14.6 Å². The van der Waals surface area contributed by atoms with Crippen LogP contribution in [-0.4, -0.2) is 35.2 Å². The second-order valence-corrected chi connectivity index (χ2v) is 6.32. The summed E-state index contributed by atoms with van der Waals surface area (Å²) in [6, 6.07) is 7.82. The lowest BCUT2D eigenvalue weighted by Gasteiger charge is -2.52. The summed E-state index contributed by atoms with van der Waals surface area (Å²) in [6.07, 6.45) is -0.611. The van der Waals surface area contributed by atoms with Crippen LogP contribution in [0, 0.1) is 11.8 Å². The highest BCUT2D eigenvalue weighted by molar-refractivity contribution is 5.87. The molecular formula is C17H25NO3.